The average molecular weight is 737 g/mol. The van der Waals surface area contributed by atoms with Gasteiger partial charge < -0.3 is 0 Å². The maximum Gasteiger partial charge on any atom is 0.0406 e. The summed E-state index contributed by atoms with van der Waals surface area (Å²) in [6.45, 7) is 4.52. The molecule has 0 spiro atoms. The second-order valence-corrected chi connectivity index (χ2v) is 15.4. The molecular weight excluding hydrogens is 697 g/mol. The van der Waals surface area contributed by atoms with Crippen LogP contribution in [0.4, 0.5) is 0 Å². The Kier molecular flexibility index (Phi) is 9.12. The summed E-state index contributed by atoms with van der Waals surface area (Å²) in [5.41, 5.74) is 2.73. The second kappa shape index (κ2) is 15.0. The molecule has 10 aromatic carbocycles. The van der Waals surface area contributed by atoms with Crippen LogP contribution in [0, 0.1) is 48.5 Å². The highest BCUT2D eigenvalue weighted by molar-refractivity contribution is 6.24. The van der Waals surface area contributed by atoms with Gasteiger partial charge in [-0.3, -0.25) is 0 Å². The van der Waals surface area contributed by atoms with Crippen molar-refractivity contribution in [2.75, 3.05) is 0 Å². The second-order valence-electron chi connectivity index (χ2n) is 15.4. The van der Waals surface area contributed by atoms with Crippen molar-refractivity contribution in [3.05, 3.63) is 193 Å². The molecule has 0 nitrogen and oxygen atoms in total. The molecule has 0 saturated heterocycles. The van der Waals surface area contributed by atoms with E-state index in [1.54, 1.807) is 0 Å². The highest BCUT2D eigenvalue weighted by atomic mass is 14.2. The van der Waals surface area contributed by atoms with Gasteiger partial charge in [0.2, 0.25) is 0 Å². The van der Waals surface area contributed by atoms with Crippen LogP contribution in [-0.4, -0.2) is 0 Å². The van der Waals surface area contributed by atoms with Crippen molar-refractivity contribution in [3.63, 3.8) is 0 Å². The monoisotopic (exact) mass is 736 g/mol. The molecule has 0 atom stereocenters. The fraction of sp³-hybridized carbons (Fsp3) is 0.138. The van der Waals surface area contributed by atoms with E-state index in [1.165, 1.54) is 32.7 Å². The minimum atomic E-state index is 0.984. The number of hydrogen-bond donors (Lipinski definition) is 0. The molecule has 6 bridgehead atoms. The molecule has 58 heavy (non-hydrogen) atoms. The number of hydrogen-bond acceptors (Lipinski definition) is 0. The standard InChI is InChI=1S/C58H40/c1-3-5-23-43-49-29-13-19-39-17-7-8-18-40-20-14-30-50-44(24-6-4-2)52-32-16-22-42(58(52)38-56(40)50)34-36-54-47-27-11-9-25-45(47)53(46-26-10-12-28-48(46)54)35-33-41-21-15-31-51(43)57(41)37-55(39)49/h9-16,19-22,25-32,37-38H,3-6,23-24H2,1-2H3. The highest BCUT2D eigenvalue weighted by Gasteiger charge is 2.12. The Hall–Kier alpha value is -7.22. The summed E-state index contributed by atoms with van der Waals surface area (Å²) in [6, 6.07) is 76.5. The third-order valence-electron chi connectivity index (χ3n) is 11.9. The number of aryl methyl sites for hydroxylation is 2. The quantitative estimate of drug-likeness (QED) is 0.149. The largest absolute Gasteiger partial charge is 0.0654 e. The number of rotatable bonds is 6. The topological polar surface area (TPSA) is 0 Å². The maximum absolute atomic E-state index is 3.73. The number of benzene rings is 9. The highest BCUT2D eigenvalue weighted by Crippen LogP contribution is 2.36. The Morgan fingerprint density at radius 1 is 0.310 bits per heavy atom. The Morgan fingerprint density at radius 3 is 0.948 bits per heavy atom. The maximum atomic E-state index is 3.73. The van der Waals surface area contributed by atoms with Crippen LogP contribution >= 0.6 is 0 Å². The van der Waals surface area contributed by atoms with Crippen molar-refractivity contribution < 1.29 is 0 Å². The molecule has 272 valence electrons. The van der Waals surface area contributed by atoms with E-state index in [-0.39, 0.29) is 0 Å². The summed E-state index contributed by atoms with van der Waals surface area (Å²) in [6.07, 6.45) is 6.46. The Morgan fingerprint density at radius 2 is 0.621 bits per heavy atom. The number of unbranched alkanes of at least 4 members (excludes halogenated alkanes) is 2. The number of fused-ring (bicyclic) bond motifs is 3. The molecule has 10 aromatic rings. The van der Waals surface area contributed by atoms with Crippen molar-refractivity contribution in [1.82, 2.24) is 0 Å². The fourth-order valence-corrected chi connectivity index (χ4v) is 9.05. The predicted molar refractivity (Wildman–Crippen MR) is 247 cm³/mol. The lowest BCUT2D eigenvalue weighted by Crippen LogP contribution is -1.91. The van der Waals surface area contributed by atoms with Gasteiger partial charge in [-0.1, -0.05) is 160 Å². The molecule has 0 aromatic heterocycles. The van der Waals surface area contributed by atoms with Gasteiger partial charge in [0.1, 0.15) is 0 Å². The molecule has 0 N–H and O–H groups in total. The molecule has 0 saturated carbocycles. The van der Waals surface area contributed by atoms with Gasteiger partial charge in [0, 0.05) is 32.3 Å². The van der Waals surface area contributed by atoms with Crippen molar-refractivity contribution in [2.45, 2.75) is 52.4 Å². The Balaban J connectivity index is 1.41. The van der Waals surface area contributed by atoms with E-state index < -0.39 is 0 Å². The van der Waals surface area contributed by atoms with Crippen LogP contribution in [0.3, 0.4) is 0 Å². The van der Waals surface area contributed by atoms with Crippen LogP contribution in [0.25, 0.3) is 97.0 Å². The summed E-state index contributed by atoms with van der Waals surface area (Å²) in [4.78, 5) is 0. The lowest BCUT2D eigenvalue weighted by atomic mass is 9.91. The molecule has 0 radical (unpaired) electrons. The van der Waals surface area contributed by atoms with Crippen LogP contribution in [-0.2, 0) is 12.8 Å². The molecule has 0 unspecified atom stereocenters. The molecule has 10 rings (SSSR count). The first kappa shape index (κ1) is 35.2. The third-order valence-corrected chi connectivity index (χ3v) is 11.9. The fourth-order valence-electron chi connectivity index (χ4n) is 9.05. The zero-order chi connectivity index (χ0) is 39.0. The van der Waals surface area contributed by atoms with Gasteiger partial charge in [-0.05, 0) is 150 Å². The van der Waals surface area contributed by atoms with Crippen molar-refractivity contribution in [1.29, 1.82) is 0 Å². The molecular formula is C58H40. The van der Waals surface area contributed by atoms with E-state index in [2.05, 4.69) is 196 Å². The first-order chi connectivity index (χ1) is 28.7. The molecule has 0 heterocycles. The predicted octanol–water partition coefficient (Wildman–Crippen LogP) is 15.4. The van der Waals surface area contributed by atoms with E-state index in [0.29, 0.717) is 0 Å². The van der Waals surface area contributed by atoms with Crippen LogP contribution in [0.15, 0.2) is 133 Å². The van der Waals surface area contributed by atoms with Crippen molar-refractivity contribution >= 4 is 97.0 Å². The van der Waals surface area contributed by atoms with Gasteiger partial charge in [-0.25, -0.2) is 0 Å². The Bertz CT molecular complexity index is 3080. The van der Waals surface area contributed by atoms with Crippen LogP contribution in [0.2, 0.25) is 0 Å². The van der Waals surface area contributed by atoms with E-state index in [9.17, 15) is 0 Å². The summed E-state index contributed by atoms with van der Waals surface area (Å²) in [5.74, 6) is 0. The first-order valence-electron chi connectivity index (χ1n) is 20.7. The molecule has 0 aliphatic heterocycles. The van der Waals surface area contributed by atoms with Crippen molar-refractivity contribution in [2.24, 2.45) is 0 Å². The summed E-state index contributed by atoms with van der Waals surface area (Å²) in [7, 11) is 0. The Labute approximate surface area is 341 Å². The minimum Gasteiger partial charge on any atom is -0.0654 e. The van der Waals surface area contributed by atoms with Crippen molar-refractivity contribution in [3.8, 4) is 0 Å². The van der Waals surface area contributed by atoms with Gasteiger partial charge >= 0.3 is 0 Å². The zero-order valence-corrected chi connectivity index (χ0v) is 32.9. The van der Waals surface area contributed by atoms with Crippen LogP contribution in [0.5, 0.6) is 0 Å². The van der Waals surface area contributed by atoms with Gasteiger partial charge in [0.25, 0.3) is 0 Å². The minimum absolute atomic E-state index is 0.984. The van der Waals surface area contributed by atoms with E-state index >= 15 is 0 Å². The average Bonchev–Trinajstić information content (AvgIpc) is 3.26. The smallest absolute Gasteiger partial charge is 0.0406 e. The molecule has 0 heteroatoms. The molecule has 0 aliphatic rings. The zero-order valence-electron chi connectivity index (χ0n) is 32.9. The summed E-state index contributed by atoms with van der Waals surface area (Å²) in [5, 5.41) is 20.1. The third kappa shape index (κ3) is 6.04. The van der Waals surface area contributed by atoms with E-state index in [1.807, 2.05) is 0 Å². The lowest BCUT2D eigenvalue weighted by molar-refractivity contribution is 0.802. The summed E-state index contributed by atoms with van der Waals surface area (Å²) >= 11 is 0. The summed E-state index contributed by atoms with van der Waals surface area (Å²) < 4.78 is 0. The molecule has 0 amide bonds. The van der Waals surface area contributed by atoms with Crippen LogP contribution < -0.4 is 0 Å². The molecule has 0 aliphatic carbocycles. The van der Waals surface area contributed by atoms with Gasteiger partial charge in [0.15, 0.2) is 0 Å². The molecule has 0 fully saturated rings. The lowest BCUT2D eigenvalue weighted by Gasteiger charge is -2.12. The SMILES string of the molecule is CCCCc1c2cccc3c#cc#cc4cccc5c(CCCC)c6cccc(c#cc7c8ccccc8c(c#cc8cccc1c8cc32)c1ccccc71)c6cc45. The van der Waals surface area contributed by atoms with E-state index in [0.717, 1.165) is 114 Å². The van der Waals surface area contributed by atoms with E-state index in [4.69, 9.17) is 0 Å². The first-order valence-corrected chi connectivity index (χ1v) is 20.7. The van der Waals surface area contributed by atoms with Gasteiger partial charge in [0.05, 0.1) is 0 Å². The normalized spacial score (nSPS) is 11.1. The van der Waals surface area contributed by atoms with Gasteiger partial charge in [-0.2, -0.15) is 0 Å². The van der Waals surface area contributed by atoms with Gasteiger partial charge in [-0.15, -0.1) is 0 Å². The van der Waals surface area contributed by atoms with Crippen LogP contribution in [0.1, 0.15) is 50.7 Å².